The molecule has 0 bridgehead atoms. The van der Waals surface area contributed by atoms with Crippen LogP contribution in [0.4, 0.5) is 0 Å². The van der Waals surface area contributed by atoms with E-state index in [1.54, 1.807) is 6.07 Å². The standard InChI is InChI=1S/C7H9NO2/c1-2-6(8)5-3-4-10-7(5)9/h2-4,6,9H,1,8H2. The molecule has 3 N–H and O–H groups in total. The Kier molecular flexibility index (Phi) is 1.78. The Balaban J connectivity index is 2.92. The van der Waals surface area contributed by atoms with Gasteiger partial charge in [0.2, 0.25) is 0 Å². The molecule has 0 spiro atoms. The van der Waals surface area contributed by atoms with Crippen molar-refractivity contribution in [2.24, 2.45) is 5.73 Å². The van der Waals surface area contributed by atoms with Crippen molar-refractivity contribution >= 4 is 0 Å². The van der Waals surface area contributed by atoms with Crippen molar-refractivity contribution in [2.75, 3.05) is 0 Å². The van der Waals surface area contributed by atoms with Gasteiger partial charge in [-0.2, -0.15) is 0 Å². The lowest BCUT2D eigenvalue weighted by Crippen LogP contribution is -2.04. The van der Waals surface area contributed by atoms with Gasteiger partial charge < -0.3 is 15.3 Å². The summed E-state index contributed by atoms with van der Waals surface area (Å²) in [6.07, 6.45) is 2.92. The molecule has 0 saturated heterocycles. The van der Waals surface area contributed by atoms with E-state index >= 15 is 0 Å². The van der Waals surface area contributed by atoms with Crippen LogP contribution in [0.2, 0.25) is 0 Å². The zero-order chi connectivity index (χ0) is 7.56. The normalized spacial score (nSPS) is 12.9. The summed E-state index contributed by atoms with van der Waals surface area (Å²) in [7, 11) is 0. The summed E-state index contributed by atoms with van der Waals surface area (Å²) >= 11 is 0. The summed E-state index contributed by atoms with van der Waals surface area (Å²) in [6.45, 7) is 3.48. The van der Waals surface area contributed by atoms with Gasteiger partial charge in [0.1, 0.15) is 0 Å². The van der Waals surface area contributed by atoms with Crippen LogP contribution in [-0.4, -0.2) is 5.11 Å². The Labute approximate surface area is 58.8 Å². The Bertz CT molecular complexity index is 229. The number of nitrogens with two attached hydrogens (primary N) is 1. The second-order valence-corrected chi connectivity index (χ2v) is 1.94. The van der Waals surface area contributed by atoms with E-state index in [0.29, 0.717) is 5.56 Å². The van der Waals surface area contributed by atoms with Gasteiger partial charge in [0.25, 0.3) is 5.95 Å². The number of furan rings is 1. The van der Waals surface area contributed by atoms with Crippen molar-refractivity contribution < 1.29 is 9.52 Å². The minimum Gasteiger partial charge on any atom is -0.480 e. The molecule has 1 atom stereocenters. The predicted molar refractivity (Wildman–Crippen MR) is 37.5 cm³/mol. The highest BCUT2D eigenvalue weighted by molar-refractivity contribution is 5.27. The summed E-state index contributed by atoms with van der Waals surface area (Å²) in [5, 5.41) is 8.96. The number of hydrogen-bond acceptors (Lipinski definition) is 3. The molecule has 1 rings (SSSR count). The van der Waals surface area contributed by atoms with Crippen LogP contribution in [0.5, 0.6) is 5.95 Å². The highest BCUT2D eigenvalue weighted by Gasteiger charge is 2.08. The number of hydrogen-bond donors (Lipinski definition) is 2. The van der Waals surface area contributed by atoms with E-state index in [1.807, 2.05) is 0 Å². The van der Waals surface area contributed by atoms with Gasteiger partial charge in [0, 0.05) is 0 Å². The lowest BCUT2D eigenvalue weighted by atomic mass is 10.1. The molecule has 54 valence electrons. The van der Waals surface area contributed by atoms with Crippen LogP contribution >= 0.6 is 0 Å². The minimum atomic E-state index is -0.348. The first-order chi connectivity index (χ1) is 4.75. The fourth-order valence-electron chi connectivity index (χ4n) is 0.692. The Hall–Kier alpha value is -1.22. The van der Waals surface area contributed by atoms with E-state index in [0.717, 1.165) is 0 Å². The monoisotopic (exact) mass is 139 g/mol. The van der Waals surface area contributed by atoms with Gasteiger partial charge in [-0.15, -0.1) is 6.58 Å². The van der Waals surface area contributed by atoms with E-state index < -0.39 is 0 Å². The molecule has 3 heteroatoms. The summed E-state index contributed by atoms with van der Waals surface area (Å²) in [5.41, 5.74) is 6.07. The first kappa shape index (κ1) is 6.89. The van der Waals surface area contributed by atoms with Gasteiger partial charge in [0.05, 0.1) is 17.9 Å². The maximum absolute atomic E-state index is 8.96. The fraction of sp³-hybridized carbons (Fsp3) is 0.143. The van der Waals surface area contributed by atoms with Crippen LogP contribution in [0.25, 0.3) is 0 Å². The number of rotatable bonds is 2. The molecule has 0 aliphatic rings. The van der Waals surface area contributed by atoms with Crippen molar-refractivity contribution in [1.82, 2.24) is 0 Å². The van der Waals surface area contributed by atoms with Gasteiger partial charge >= 0.3 is 0 Å². The predicted octanol–water partition coefficient (Wildman–Crippen LogP) is 1.17. The molecular weight excluding hydrogens is 130 g/mol. The van der Waals surface area contributed by atoms with E-state index in [4.69, 9.17) is 10.8 Å². The van der Waals surface area contributed by atoms with Crippen LogP contribution in [0.3, 0.4) is 0 Å². The minimum absolute atomic E-state index is 0.132. The molecule has 0 fully saturated rings. The Morgan fingerprint density at radius 2 is 2.50 bits per heavy atom. The van der Waals surface area contributed by atoms with Crippen molar-refractivity contribution in [3.8, 4) is 5.95 Å². The average molecular weight is 139 g/mol. The fourth-order valence-corrected chi connectivity index (χ4v) is 0.692. The van der Waals surface area contributed by atoms with Crippen molar-refractivity contribution in [2.45, 2.75) is 6.04 Å². The topological polar surface area (TPSA) is 59.4 Å². The second kappa shape index (κ2) is 2.58. The quantitative estimate of drug-likeness (QED) is 0.604. The Morgan fingerprint density at radius 3 is 2.90 bits per heavy atom. The summed E-state index contributed by atoms with van der Waals surface area (Å²) in [5.74, 6) is -0.132. The average Bonchev–Trinajstić information content (AvgIpc) is 2.34. The highest BCUT2D eigenvalue weighted by Crippen LogP contribution is 2.23. The Morgan fingerprint density at radius 1 is 1.80 bits per heavy atom. The molecule has 0 saturated carbocycles. The second-order valence-electron chi connectivity index (χ2n) is 1.94. The molecule has 0 aromatic carbocycles. The molecule has 0 aliphatic heterocycles. The van der Waals surface area contributed by atoms with Crippen LogP contribution < -0.4 is 5.73 Å². The van der Waals surface area contributed by atoms with Crippen LogP contribution in [0, 0.1) is 0 Å². The third-order valence-corrected chi connectivity index (χ3v) is 1.29. The van der Waals surface area contributed by atoms with Crippen LogP contribution in [0.15, 0.2) is 29.4 Å². The van der Waals surface area contributed by atoms with E-state index in [2.05, 4.69) is 11.0 Å². The maximum Gasteiger partial charge on any atom is 0.286 e. The van der Waals surface area contributed by atoms with Crippen molar-refractivity contribution in [3.05, 3.63) is 30.5 Å². The molecule has 1 aromatic rings. The SMILES string of the molecule is C=CC(N)c1ccoc1O. The molecule has 1 heterocycles. The van der Waals surface area contributed by atoms with Gasteiger partial charge in [-0.25, -0.2) is 0 Å². The molecule has 0 aliphatic carbocycles. The zero-order valence-corrected chi connectivity index (χ0v) is 5.45. The molecule has 0 radical (unpaired) electrons. The molecule has 10 heavy (non-hydrogen) atoms. The first-order valence-corrected chi connectivity index (χ1v) is 2.90. The number of aromatic hydroxyl groups is 1. The van der Waals surface area contributed by atoms with E-state index in [9.17, 15) is 0 Å². The van der Waals surface area contributed by atoms with Crippen LogP contribution in [-0.2, 0) is 0 Å². The third kappa shape index (κ3) is 1.04. The van der Waals surface area contributed by atoms with Crippen LogP contribution in [0.1, 0.15) is 11.6 Å². The van der Waals surface area contributed by atoms with Crippen molar-refractivity contribution in [1.29, 1.82) is 0 Å². The lowest BCUT2D eigenvalue weighted by Gasteiger charge is -2.00. The van der Waals surface area contributed by atoms with Gasteiger partial charge in [0.15, 0.2) is 0 Å². The summed E-state index contributed by atoms with van der Waals surface area (Å²) < 4.78 is 4.62. The van der Waals surface area contributed by atoms with E-state index in [-0.39, 0.29) is 12.0 Å². The maximum atomic E-state index is 8.96. The van der Waals surface area contributed by atoms with Gasteiger partial charge in [-0.1, -0.05) is 6.08 Å². The smallest absolute Gasteiger partial charge is 0.286 e. The molecule has 1 aromatic heterocycles. The molecule has 1 unspecified atom stereocenters. The first-order valence-electron chi connectivity index (χ1n) is 2.90. The largest absolute Gasteiger partial charge is 0.480 e. The lowest BCUT2D eigenvalue weighted by molar-refractivity contribution is 0.327. The van der Waals surface area contributed by atoms with Crippen molar-refractivity contribution in [3.63, 3.8) is 0 Å². The van der Waals surface area contributed by atoms with E-state index in [1.165, 1.54) is 12.3 Å². The molecule has 0 amide bonds. The van der Waals surface area contributed by atoms with Gasteiger partial charge in [-0.05, 0) is 6.07 Å². The third-order valence-electron chi connectivity index (χ3n) is 1.29. The summed E-state index contributed by atoms with van der Waals surface area (Å²) in [4.78, 5) is 0. The molecular formula is C7H9NO2. The molecule has 3 nitrogen and oxygen atoms in total. The zero-order valence-electron chi connectivity index (χ0n) is 5.45. The summed E-state index contributed by atoms with van der Waals surface area (Å²) in [6, 6.07) is 1.26. The highest BCUT2D eigenvalue weighted by atomic mass is 16.5. The van der Waals surface area contributed by atoms with Gasteiger partial charge in [-0.3, -0.25) is 0 Å².